The SMILES string of the molecule is COC(=O)[C@@H]1Cc2c([nH]c3ccccc23)[C@H]2C[C@@H](NCCNC(C)=O)C[C@@H](c3ccccc3)N21. The van der Waals surface area contributed by atoms with Crippen LogP contribution >= 0.6 is 0 Å². The van der Waals surface area contributed by atoms with Crippen LogP contribution in [0.1, 0.15) is 48.7 Å². The van der Waals surface area contributed by atoms with Gasteiger partial charge in [-0.15, -0.1) is 0 Å². The van der Waals surface area contributed by atoms with Crippen molar-refractivity contribution in [2.45, 2.75) is 50.4 Å². The first-order valence-corrected chi connectivity index (χ1v) is 12.0. The number of aromatic nitrogens is 1. The predicted molar refractivity (Wildman–Crippen MR) is 131 cm³/mol. The third kappa shape index (κ3) is 4.21. The summed E-state index contributed by atoms with van der Waals surface area (Å²) in [6.07, 6.45) is 2.38. The van der Waals surface area contributed by atoms with Crippen LogP contribution in [-0.2, 0) is 20.7 Å². The van der Waals surface area contributed by atoms with Crippen LogP contribution in [0.25, 0.3) is 10.9 Å². The van der Waals surface area contributed by atoms with Crippen molar-refractivity contribution in [2.75, 3.05) is 20.2 Å². The molecule has 3 aromatic rings. The molecule has 2 aliphatic rings. The quantitative estimate of drug-likeness (QED) is 0.388. The fourth-order valence-corrected chi connectivity index (χ4v) is 5.83. The molecule has 3 heterocycles. The van der Waals surface area contributed by atoms with Gasteiger partial charge in [-0.25, -0.2) is 0 Å². The molecule has 0 spiro atoms. The smallest absolute Gasteiger partial charge is 0.323 e. The highest BCUT2D eigenvalue weighted by Gasteiger charge is 2.48. The summed E-state index contributed by atoms with van der Waals surface area (Å²) in [4.78, 5) is 30.4. The fourth-order valence-electron chi connectivity index (χ4n) is 5.83. The second-order valence-electron chi connectivity index (χ2n) is 9.30. The molecular formula is C27H32N4O3. The highest BCUT2D eigenvalue weighted by molar-refractivity contribution is 5.87. The van der Waals surface area contributed by atoms with Gasteiger partial charge in [0.2, 0.25) is 5.91 Å². The maximum absolute atomic E-state index is 13.1. The first kappa shape index (κ1) is 22.6. The molecule has 34 heavy (non-hydrogen) atoms. The second-order valence-corrected chi connectivity index (χ2v) is 9.30. The largest absolute Gasteiger partial charge is 0.468 e. The van der Waals surface area contributed by atoms with Crippen molar-refractivity contribution in [1.82, 2.24) is 20.5 Å². The Kier molecular flexibility index (Phi) is 6.39. The lowest BCUT2D eigenvalue weighted by Gasteiger charge is -2.50. The molecule has 7 nitrogen and oxygen atoms in total. The Morgan fingerprint density at radius 3 is 2.53 bits per heavy atom. The van der Waals surface area contributed by atoms with Crippen molar-refractivity contribution in [1.29, 1.82) is 0 Å². The lowest BCUT2D eigenvalue weighted by atomic mass is 9.79. The first-order chi connectivity index (χ1) is 16.6. The first-order valence-electron chi connectivity index (χ1n) is 12.0. The average Bonchev–Trinajstić information content (AvgIpc) is 3.24. The van der Waals surface area contributed by atoms with Crippen LogP contribution in [0.2, 0.25) is 0 Å². The summed E-state index contributed by atoms with van der Waals surface area (Å²) in [5, 5.41) is 7.71. The molecule has 0 saturated carbocycles. The number of carbonyl (C=O) groups is 2. The Balaban J connectivity index is 1.54. The number of H-pyrrole nitrogens is 1. The number of fused-ring (bicyclic) bond motifs is 5. The van der Waals surface area contributed by atoms with Gasteiger partial charge in [0.05, 0.1) is 13.2 Å². The Morgan fingerprint density at radius 2 is 1.76 bits per heavy atom. The van der Waals surface area contributed by atoms with Crippen molar-refractivity contribution in [3.8, 4) is 0 Å². The van der Waals surface area contributed by atoms with Crippen LogP contribution in [0.4, 0.5) is 0 Å². The number of amides is 1. The number of piperidine rings is 1. The third-order valence-corrected chi connectivity index (χ3v) is 7.26. The number of benzene rings is 2. The van der Waals surface area contributed by atoms with E-state index in [1.54, 1.807) is 0 Å². The van der Waals surface area contributed by atoms with Crippen LogP contribution < -0.4 is 10.6 Å². The van der Waals surface area contributed by atoms with Gasteiger partial charge in [0, 0.05) is 55.1 Å². The van der Waals surface area contributed by atoms with Gasteiger partial charge in [0.25, 0.3) is 0 Å². The summed E-state index contributed by atoms with van der Waals surface area (Å²) in [5.41, 5.74) is 4.73. The van der Waals surface area contributed by atoms with Gasteiger partial charge in [-0.3, -0.25) is 14.5 Å². The van der Waals surface area contributed by atoms with Crippen molar-refractivity contribution in [3.05, 3.63) is 71.4 Å². The molecule has 2 aliphatic heterocycles. The highest BCUT2D eigenvalue weighted by atomic mass is 16.5. The summed E-state index contributed by atoms with van der Waals surface area (Å²) in [5.74, 6) is -0.200. The van der Waals surface area contributed by atoms with E-state index in [2.05, 4.69) is 63.0 Å². The zero-order chi connectivity index (χ0) is 23.7. The summed E-state index contributed by atoms with van der Waals surface area (Å²) >= 11 is 0. The molecule has 5 rings (SSSR count). The van der Waals surface area contributed by atoms with Crippen LogP contribution in [0.15, 0.2) is 54.6 Å². The molecule has 1 fully saturated rings. The molecule has 1 saturated heterocycles. The van der Waals surface area contributed by atoms with Gasteiger partial charge < -0.3 is 20.4 Å². The number of carbonyl (C=O) groups excluding carboxylic acids is 2. The van der Waals surface area contributed by atoms with E-state index < -0.39 is 0 Å². The van der Waals surface area contributed by atoms with E-state index in [9.17, 15) is 9.59 Å². The molecule has 7 heteroatoms. The fraction of sp³-hybridized carbons (Fsp3) is 0.407. The van der Waals surface area contributed by atoms with E-state index in [-0.39, 0.29) is 36.0 Å². The van der Waals surface area contributed by atoms with Crippen molar-refractivity contribution in [3.63, 3.8) is 0 Å². The lowest BCUT2D eigenvalue weighted by molar-refractivity contribution is -0.152. The highest BCUT2D eigenvalue weighted by Crippen LogP contribution is 2.48. The standard InChI is InChI=1S/C27H32N4O3/c1-17(32)28-12-13-29-19-14-23(18-8-4-3-5-9-18)31-24(15-19)26-21(16-25(31)27(33)34-2)20-10-6-7-11-22(20)30-26/h3-11,19,23-25,29-30H,12-16H2,1-2H3,(H,28,32)/t19-,23-,24+,25-/m0/s1. The topological polar surface area (TPSA) is 86.5 Å². The molecule has 4 atom stereocenters. The maximum Gasteiger partial charge on any atom is 0.323 e. The van der Waals surface area contributed by atoms with Gasteiger partial charge in [0.1, 0.15) is 6.04 Å². The van der Waals surface area contributed by atoms with E-state index in [4.69, 9.17) is 4.74 Å². The normalized spacial score (nSPS) is 24.3. The van der Waals surface area contributed by atoms with Gasteiger partial charge in [-0.2, -0.15) is 0 Å². The third-order valence-electron chi connectivity index (χ3n) is 7.26. The summed E-state index contributed by atoms with van der Waals surface area (Å²) < 4.78 is 5.31. The van der Waals surface area contributed by atoms with E-state index >= 15 is 0 Å². The summed E-state index contributed by atoms with van der Waals surface area (Å²) in [6, 6.07) is 18.8. The number of rotatable bonds is 6. The number of esters is 1. The van der Waals surface area contributed by atoms with Gasteiger partial charge in [-0.1, -0.05) is 48.5 Å². The van der Waals surface area contributed by atoms with Gasteiger partial charge >= 0.3 is 5.97 Å². The Bertz CT molecular complexity index is 1180. The lowest BCUT2D eigenvalue weighted by Crippen LogP contribution is -2.56. The number of hydrogen-bond acceptors (Lipinski definition) is 5. The van der Waals surface area contributed by atoms with Gasteiger partial charge in [0.15, 0.2) is 0 Å². The minimum absolute atomic E-state index is 0.0188. The molecular weight excluding hydrogens is 428 g/mol. The molecule has 3 N–H and O–H groups in total. The summed E-state index contributed by atoms with van der Waals surface area (Å²) in [6.45, 7) is 2.84. The van der Waals surface area contributed by atoms with Crippen LogP contribution in [0, 0.1) is 0 Å². The van der Waals surface area contributed by atoms with Crippen molar-refractivity contribution >= 4 is 22.8 Å². The Morgan fingerprint density at radius 1 is 1.03 bits per heavy atom. The van der Waals surface area contributed by atoms with E-state index in [1.807, 2.05) is 12.1 Å². The molecule has 0 bridgehead atoms. The number of nitrogens with zero attached hydrogens (tertiary/aromatic N) is 1. The van der Waals surface area contributed by atoms with Crippen molar-refractivity contribution in [2.24, 2.45) is 0 Å². The van der Waals surface area contributed by atoms with Crippen LogP contribution in [0.5, 0.6) is 0 Å². The number of aromatic amines is 1. The minimum atomic E-state index is -0.341. The Hall–Kier alpha value is -3.16. The van der Waals surface area contributed by atoms with Crippen molar-refractivity contribution < 1.29 is 14.3 Å². The monoisotopic (exact) mass is 460 g/mol. The minimum Gasteiger partial charge on any atom is -0.468 e. The second kappa shape index (κ2) is 9.60. The van der Waals surface area contributed by atoms with Gasteiger partial charge in [-0.05, 0) is 30.0 Å². The zero-order valence-corrected chi connectivity index (χ0v) is 19.7. The molecule has 0 aliphatic carbocycles. The number of methoxy groups -OCH3 is 1. The Labute approximate surface area is 199 Å². The number of para-hydroxylation sites is 1. The van der Waals surface area contributed by atoms with Crippen LogP contribution in [-0.4, -0.2) is 54.0 Å². The average molecular weight is 461 g/mol. The molecule has 2 aromatic carbocycles. The maximum atomic E-state index is 13.1. The van der Waals surface area contributed by atoms with E-state index in [0.717, 1.165) is 18.4 Å². The predicted octanol–water partition coefficient (Wildman–Crippen LogP) is 3.24. The number of nitrogens with one attached hydrogen (secondary N) is 3. The van der Waals surface area contributed by atoms with E-state index in [1.165, 1.54) is 36.2 Å². The zero-order valence-electron chi connectivity index (χ0n) is 19.7. The number of hydrogen-bond donors (Lipinski definition) is 3. The molecule has 0 unspecified atom stereocenters. The molecule has 1 amide bonds. The number of ether oxygens (including phenoxy) is 1. The molecule has 1 aromatic heterocycles. The van der Waals surface area contributed by atoms with Crippen LogP contribution in [0.3, 0.4) is 0 Å². The van der Waals surface area contributed by atoms with E-state index in [0.29, 0.717) is 19.5 Å². The summed E-state index contributed by atoms with van der Waals surface area (Å²) in [7, 11) is 1.48. The molecule has 178 valence electrons. The molecule has 0 radical (unpaired) electrons.